The highest BCUT2D eigenvalue weighted by molar-refractivity contribution is 5.96. The van der Waals surface area contributed by atoms with Crippen LogP contribution in [0, 0.1) is 94.1 Å². The van der Waals surface area contributed by atoms with Gasteiger partial charge in [-0.2, -0.15) is 14.8 Å². The fraction of sp³-hybridized carbons (Fsp3) is 0.267. The van der Waals surface area contributed by atoms with E-state index in [4.69, 9.17) is 30.8 Å². The highest BCUT2D eigenvalue weighted by Gasteiger charge is 2.28. The number of methoxy groups -OCH3 is 2. The Balaban J connectivity index is 0.000000136. The topological polar surface area (TPSA) is 217 Å². The van der Waals surface area contributed by atoms with Crippen LogP contribution < -0.4 is 19.5 Å². The fourth-order valence-electron chi connectivity index (χ4n) is 13.7. The van der Waals surface area contributed by atoms with Crippen LogP contribution in [0.1, 0.15) is 148 Å². The van der Waals surface area contributed by atoms with Crippen LogP contribution in [0.4, 0.5) is 5.82 Å². The Bertz CT molecular complexity index is 5750. The molecule has 15 rings (SSSR count). The van der Waals surface area contributed by atoms with Gasteiger partial charge in [0.05, 0.1) is 42.8 Å². The molecule has 0 saturated carbocycles. The lowest BCUT2D eigenvalue weighted by Gasteiger charge is -2.16. The Morgan fingerprint density at radius 2 is 1.18 bits per heavy atom. The number of ether oxygens (including phenoxy) is 3. The van der Waals surface area contributed by atoms with Crippen molar-refractivity contribution in [3.05, 3.63) is 247 Å². The van der Waals surface area contributed by atoms with E-state index in [1.807, 2.05) is 100 Å². The minimum atomic E-state index is -0.259. The molecule has 534 valence electrons. The quantitative estimate of drug-likeness (QED) is 0.0458. The maximum atomic E-state index is 12.5. The van der Waals surface area contributed by atoms with Crippen LogP contribution in [-0.4, -0.2) is 85.1 Å². The van der Waals surface area contributed by atoms with Gasteiger partial charge < -0.3 is 24.4 Å². The number of nitrogens with one attached hydrogen (secondary N) is 5. The lowest BCUT2D eigenvalue weighted by Crippen LogP contribution is -2.24. The molecule has 1 atom stereocenters. The molecule has 0 bridgehead atoms. The molecule has 0 aliphatic carbocycles. The van der Waals surface area contributed by atoms with E-state index in [1.54, 1.807) is 25.7 Å². The van der Waals surface area contributed by atoms with Gasteiger partial charge in [-0.25, -0.2) is 33.6 Å². The van der Waals surface area contributed by atoms with Crippen molar-refractivity contribution < 1.29 is 19.0 Å². The molecule has 8 aromatic heterocycles. The summed E-state index contributed by atoms with van der Waals surface area (Å²) in [5, 5.41) is 27.0. The van der Waals surface area contributed by atoms with E-state index in [2.05, 4.69) is 208 Å². The van der Waals surface area contributed by atoms with Crippen molar-refractivity contribution in [3.8, 4) is 79.6 Å². The van der Waals surface area contributed by atoms with E-state index < -0.39 is 0 Å². The Labute approximate surface area is 612 Å². The SMILES string of the molecule is CCCCNC(=O)c1ccc(-c2c(C)c3nc(-c4ccc(OC)cc4)[nH]n3c2-c2ccc(C)cc2)cc1.COc1ccc(-c2nc3c(C)c(-c4ccccc4)c(C(C)C)n3[nH]2)c(C)c1.Cc1nc2c(C)c3cc(C)c(C)cc3n2[nH]1.[C-]#[N+]c1c(C#N)c(C)c2nc(C(CC)Oc3ccc(C)cc3C)[nH]n12. The van der Waals surface area contributed by atoms with Crippen LogP contribution >= 0.6 is 0 Å². The summed E-state index contributed by atoms with van der Waals surface area (Å²) in [4.78, 5) is 35.0. The molecular weight excluding hydrogens is 1310 g/mol. The standard InChI is InChI=1S/C31H32N4O2.C23H25N3O.C19H19N5O.C13H15N3/c1-5-6-19-32-31(36)25-13-11-22(12-14-25)27-21(3)30-33-29(24-15-17-26(37-4)18-16-24)34-35(30)28(27)23-9-7-20(2)8-10-23;1-14(2)21-20(17-9-7-6-8-10-17)16(4)23-24-22(25-26(21)23)19-12-11-18(27-5)13-15(19)3;1-6-15(25-16-8-7-11(2)9-12(16)3)17-22-18-13(4)14(10-20)19(21-5)24(18)23-17;1-7-5-11-9(3)13-14-10(4)15-16(13)12(11)6-8(7)2/h7-18H,5-6,19H2,1-4H3,(H,32,36)(H,33,34);6-14H,1-5H3,(H,24,25);7-9,15H,6H2,1-4H3,(H,22,23);5-6H,1-4H3,(H,14,15). The lowest BCUT2D eigenvalue weighted by atomic mass is 9.97. The first-order valence-electron chi connectivity index (χ1n) is 35.7. The molecule has 105 heavy (non-hydrogen) atoms. The van der Waals surface area contributed by atoms with Gasteiger partial charge in [-0.05, 0) is 201 Å². The van der Waals surface area contributed by atoms with Gasteiger partial charge in [0.15, 0.2) is 40.5 Å². The zero-order valence-electron chi connectivity index (χ0n) is 63.0. The number of aromatic amines is 4. The van der Waals surface area contributed by atoms with Gasteiger partial charge >= 0.3 is 0 Å². The van der Waals surface area contributed by atoms with Crippen molar-refractivity contribution in [3.63, 3.8) is 0 Å². The average Bonchev–Trinajstić information content (AvgIpc) is 1.61. The largest absolute Gasteiger partial charge is 0.497 e. The van der Waals surface area contributed by atoms with Gasteiger partial charge in [0.2, 0.25) is 5.65 Å². The van der Waals surface area contributed by atoms with Crippen LogP contribution in [0.3, 0.4) is 0 Å². The molecule has 0 aliphatic heterocycles. The summed E-state index contributed by atoms with van der Waals surface area (Å²) >= 11 is 0. The molecule has 15 aromatic rings. The van der Waals surface area contributed by atoms with E-state index in [1.165, 1.54) is 61.1 Å². The van der Waals surface area contributed by atoms with Gasteiger partial charge in [-0.1, -0.05) is 131 Å². The van der Waals surface area contributed by atoms with Crippen molar-refractivity contribution in [2.24, 2.45) is 0 Å². The monoisotopic (exact) mass is 1400 g/mol. The second-order valence-corrected chi connectivity index (χ2v) is 27.3. The first-order chi connectivity index (χ1) is 50.6. The second kappa shape index (κ2) is 30.7. The molecule has 1 amide bonds. The van der Waals surface area contributed by atoms with E-state index >= 15 is 0 Å². The molecule has 0 radical (unpaired) electrons. The van der Waals surface area contributed by atoms with Gasteiger partial charge in [0.25, 0.3) is 11.7 Å². The number of hydrogen-bond acceptors (Lipinski definition) is 9. The van der Waals surface area contributed by atoms with Crippen molar-refractivity contribution in [1.82, 2.24) is 63.7 Å². The molecule has 8 heterocycles. The fourth-order valence-corrected chi connectivity index (χ4v) is 13.7. The minimum absolute atomic E-state index is 0.0368. The van der Waals surface area contributed by atoms with Crippen LogP contribution in [0.25, 0.3) is 94.6 Å². The predicted molar refractivity (Wildman–Crippen MR) is 420 cm³/mol. The Hall–Kier alpha value is -12.4. The maximum absolute atomic E-state index is 12.5. The van der Waals surface area contributed by atoms with Crippen molar-refractivity contribution in [2.45, 2.75) is 135 Å². The van der Waals surface area contributed by atoms with Gasteiger partial charge in [0, 0.05) is 67.6 Å². The predicted octanol–water partition coefficient (Wildman–Crippen LogP) is 20.2. The summed E-state index contributed by atoms with van der Waals surface area (Å²) in [6, 6.07) is 53.5. The number of aryl methyl sites for hydroxylation is 11. The van der Waals surface area contributed by atoms with Crippen LogP contribution in [0.2, 0.25) is 0 Å². The molecule has 0 spiro atoms. The second-order valence-electron chi connectivity index (χ2n) is 27.3. The molecule has 5 N–H and O–H groups in total. The first kappa shape index (κ1) is 72.4. The zero-order valence-corrected chi connectivity index (χ0v) is 63.0. The summed E-state index contributed by atoms with van der Waals surface area (Å²) in [6.07, 6.45) is 2.49. The molecule has 0 fully saturated rings. The van der Waals surface area contributed by atoms with E-state index in [0.29, 0.717) is 40.6 Å². The number of carbonyl (C=O) groups is 1. The summed E-state index contributed by atoms with van der Waals surface area (Å²) in [5.41, 5.74) is 27.4. The van der Waals surface area contributed by atoms with Crippen molar-refractivity contribution >= 4 is 45.2 Å². The number of benzene rings is 7. The number of nitrogens with zero attached hydrogens (tertiary/aromatic N) is 10. The van der Waals surface area contributed by atoms with E-state index in [-0.39, 0.29) is 17.8 Å². The molecule has 19 nitrogen and oxygen atoms in total. The normalized spacial score (nSPS) is 11.5. The highest BCUT2D eigenvalue weighted by Crippen LogP contribution is 2.42. The summed E-state index contributed by atoms with van der Waals surface area (Å²) in [7, 11) is 3.35. The van der Waals surface area contributed by atoms with Crippen molar-refractivity contribution in [2.75, 3.05) is 20.8 Å². The summed E-state index contributed by atoms with van der Waals surface area (Å²) < 4.78 is 24.7. The number of rotatable bonds is 16. The number of H-pyrrole nitrogens is 4. The number of unbranched alkanes of at least 4 members (excludes halogenated alkanes) is 1. The Kier molecular flexibility index (Phi) is 21.2. The first-order valence-corrected chi connectivity index (χ1v) is 35.7. The Morgan fingerprint density at radius 3 is 1.83 bits per heavy atom. The Morgan fingerprint density at radius 1 is 0.571 bits per heavy atom. The number of nitriles is 1. The number of carbonyl (C=O) groups excluding carboxylic acids is 1. The third-order valence-electron chi connectivity index (χ3n) is 19.6. The summed E-state index contributed by atoms with van der Waals surface area (Å²) in [6.45, 7) is 39.4. The lowest BCUT2D eigenvalue weighted by molar-refractivity contribution is 0.0953. The number of aromatic nitrogens is 12. The molecular formula is C86H91N15O4. The van der Waals surface area contributed by atoms with Gasteiger partial charge in [-0.3, -0.25) is 20.1 Å². The van der Waals surface area contributed by atoms with Crippen LogP contribution in [0.5, 0.6) is 17.2 Å². The average molecular weight is 1400 g/mol. The number of hydrogen-bond donors (Lipinski definition) is 5. The molecule has 7 aromatic carbocycles. The molecule has 19 heteroatoms. The zero-order chi connectivity index (χ0) is 74.7. The molecule has 1 unspecified atom stereocenters. The minimum Gasteiger partial charge on any atom is -0.497 e. The van der Waals surface area contributed by atoms with Gasteiger partial charge in [-0.15, -0.1) is 0 Å². The molecule has 0 aliphatic rings. The van der Waals surface area contributed by atoms with Crippen molar-refractivity contribution in [1.29, 1.82) is 5.26 Å². The third kappa shape index (κ3) is 14.3. The number of fused-ring (bicyclic) bond motifs is 6. The number of amides is 1. The smallest absolute Gasteiger partial charge is 0.273 e. The van der Waals surface area contributed by atoms with E-state index in [9.17, 15) is 10.1 Å². The van der Waals surface area contributed by atoms with Crippen LogP contribution in [-0.2, 0) is 0 Å². The maximum Gasteiger partial charge on any atom is 0.273 e. The van der Waals surface area contributed by atoms with Gasteiger partial charge in [0.1, 0.15) is 23.1 Å². The van der Waals surface area contributed by atoms with E-state index in [0.717, 1.165) is 121 Å². The van der Waals surface area contributed by atoms with Crippen LogP contribution in [0.15, 0.2) is 152 Å². The summed E-state index contributed by atoms with van der Waals surface area (Å²) in [5.74, 6) is 6.36. The third-order valence-corrected chi connectivity index (χ3v) is 19.6. The molecule has 0 saturated heterocycles. The highest BCUT2D eigenvalue weighted by atomic mass is 16.5.